The number of hydrogen-bond acceptors (Lipinski definition) is 3. The average molecular weight is 429 g/mol. The van der Waals surface area contributed by atoms with E-state index in [-0.39, 0.29) is 24.9 Å². The van der Waals surface area contributed by atoms with Crippen molar-refractivity contribution < 1.29 is 9.59 Å². The van der Waals surface area contributed by atoms with Crippen LogP contribution in [0.4, 0.5) is 5.69 Å². The second-order valence-electron chi connectivity index (χ2n) is 6.19. The third-order valence-corrected chi connectivity index (χ3v) is 4.73. The topological polar surface area (TPSA) is 52.7 Å². The molecule has 0 aliphatic rings. The monoisotopic (exact) mass is 427 g/mol. The first-order valence-corrected chi connectivity index (χ1v) is 9.30. The fraction of sp³-hybridized carbons (Fsp3) is 0.263. The molecule has 2 amide bonds. The van der Waals surface area contributed by atoms with Gasteiger partial charge in [-0.15, -0.1) is 0 Å². The molecule has 0 saturated carbocycles. The number of carbonyl (C=O) groups excluding carboxylic acids is 2. The van der Waals surface area contributed by atoms with Crippen LogP contribution in [0.5, 0.6) is 0 Å². The third-order valence-electron chi connectivity index (χ3n) is 3.82. The van der Waals surface area contributed by atoms with Gasteiger partial charge in [-0.1, -0.05) is 53.0 Å². The van der Waals surface area contributed by atoms with Gasteiger partial charge in [0.2, 0.25) is 11.8 Å². The maximum absolute atomic E-state index is 12.4. The zero-order valence-corrected chi connectivity index (χ0v) is 17.3. The van der Waals surface area contributed by atoms with E-state index in [1.165, 1.54) is 4.90 Å². The summed E-state index contributed by atoms with van der Waals surface area (Å²) in [4.78, 5) is 27.7. The highest BCUT2D eigenvalue weighted by Gasteiger charge is 2.16. The molecular weight excluding hydrogens is 409 g/mol. The van der Waals surface area contributed by atoms with E-state index in [0.29, 0.717) is 27.3 Å². The molecule has 2 aromatic rings. The Kier molecular flexibility index (Phi) is 7.92. The number of carbonyl (C=O) groups is 2. The predicted octanol–water partition coefficient (Wildman–Crippen LogP) is 4.18. The first kappa shape index (κ1) is 21.5. The predicted molar refractivity (Wildman–Crippen MR) is 111 cm³/mol. The first-order chi connectivity index (χ1) is 12.8. The Bertz CT molecular complexity index is 830. The van der Waals surface area contributed by atoms with Crippen LogP contribution in [0.25, 0.3) is 0 Å². The molecule has 0 aliphatic heterocycles. The van der Waals surface area contributed by atoms with Crippen LogP contribution in [0.2, 0.25) is 15.1 Å². The Hall–Kier alpha value is -1.79. The molecule has 27 heavy (non-hydrogen) atoms. The smallest absolute Gasteiger partial charge is 0.244 e. The zero-order valence-electron chi connectivity index (χ0n) is 15.0. The molecule has 0 unspecified atom stereocenters. The van der Waals surface area contributed by atoms with Gasteiger partial charge in [-0.2, -0.15) is 0 Å². The van der Waals surface area contributed by atoms with Crippen molar-refractivity contribution in [2.24, 2.45) is 0 Å². The maximum atomic E-state index is 12.4. The van der Waals surface area contributed by atoms with E-state index in [2.05, 4.69) is 5.32 Å². The molecule has 8 heteroatoms. The van der Waals surface area contributed by atoms with Gasteiger partial charge in [0.05, 0.1) is 23.8 Å². The number of hydrogen-bond donors (Lipinski definition) is 1. The zero-order chi connectivity index (χ0) is 20.0. The summed E-state index contributed by atoms with van der Waals surface area (Å²) in [7, 11) is 3.39. The van der Waals surface area contributed by atoms with Crippen LogP contribution >= 0.6 is 34.8 Å². The van der Waals surface area contributed by atoms with Crippen molar-refractivity contribution in [3.63, 3.8) is 0 Å². The van der Waals surface area contributed by atoms with Crippen LogP contribution in [0.1, 0.15) is 5.56 Å². The fourth-order valence-corrected chi connectivity index (χ4v) is 3.06. The quantitative estimate of drug-likeness (QED) is 0.720. The Morgan fingerprint density at radius 3 is 2.33 bits per heavy atom. The van der Waals surface area contributed by atoms with Gasteiger partial charge in [-0.05, 0) is 36.9 Å². The van der Waals surface area contributed by atoms with E-state index in [9.17, 15) is 9.59 Å². The van der Waals surface area contributed by atoms with Crippen LogP contribution in [-0.2, 0) is 16.1 Å². The molecule has 0 heterocycles. The Morgan fingerprint density at radius 2 is 1.67 bits per heavy atom. The molecule has 0 atom stereocenters. The van der Waals surface area contributed by atoms with Gasteiger partial charge in [0.25, 0.3) is 0 Å². The van der Waals surface area contributed by atoms with Crippen molar-refractivity contribution in [2.75, 3.05) is 32.5 Å². The SMILES string of the molecule is CN(CC(=O)N(C)CC(=O)Nc1ccccc1Cl)Cc1ccc(Cl)cc1Cl. The van der Waals surface area contributed by atoms with E-state index in [0.717, 1.165) is 5.56 Å². The number of nitrogens with zero attached hydrogens (tertiary/aromatic N) is 2. The lowest BCUT2D eigenvalue weighted by molar-refractivity contribution is -0.134. The van der Waals surface area contributed by atoms with Crippen LogP contribution in [0.15, 0.2) is 42.5 Å². The molecule has 0 saturated heterocycles. The van der Waals surface area contributed by atoms with E-state index in [1.807, 2.05) is 11.0 Å². The van der Waals surface area contributed by atoms with Crippen LogP contribution in [-0.4, -0.2) is 48.8 Å². The number of amides is 2. The van der Waals surface area contributed by atoms with Crippen LogP contribution in [0, 0.1) is 0 Å². The van der Waals surface area contributed by atoms with Gasteiger partial charge in [0.15, 0.2) is 0 Å². The summed E-state index contributed by atoms with van der Waals surface area (Å²) in [5, 5.41) is 4.25. The molecule has 144 valence electrons. The maximum Gasteiger partial charge on any atom is 0.244 e. The lowest BCUT2D eigenvalue weighted by Gasteiger charge is -2.22. The van der Waals surface area contributed by atoms with Crippen molar-refractivity contribution in [3.8, 4) is 0 Å². The van der Waals surface area contributed by atoms with Gasteiger partial charge >= 0.3 is 0 Å². The number of rotatable bonds is 7. The minimum atomic E-state index is -0.317. The molecule has 0 aromatic heterocycles. The largest absolute Gasteiger partial charge is 0.335 e. The molecule has 0 fully saturated rings. The summed E-state index contributed by atoms with van der Waals surface area (Å²) in [6, 6.07) is 12.2. The summed E-state index contributed by atoms with van der Waals surface area (Å²) >= 11 is 18.1. The number of para-hydroxylation sites is 1. The standard InChI is InChI=1S/C19H20Cl3N3O2/c1-24(10-13-7-8-14(20)9-16(13)22)12-19(27)25(2)11-18(26)23-17-6-4-3-5-15(17)21/h3-9H,10-12H2,1-2H3,(H,23,26). The first-order valence-electron chi connectivity index (χ1n) is 8.17. The van der Waals surface area contributed by atoms with Crippen molar-refractivity contribution >= 4 is 52.3 Å². The lowest BCUT2D eigenvalue weighted by atomic mass is 10.2. The van der Waals surface area contributed by atoms with Crippen LogP contribution in [0.3, 0.4) is 0 Å². The highest BCUT2D eigenvalue weighted by atomic mass is 35.5. The molecule has 2 aromatic carbocycles. The molecule has 5 nitrogen and oxygen atoms in total. The second-order valence-corrected chi connectivity index (χ2v) is 7.44. The summed E-state index contributed by atoms with van der Waals surface area (Å²) in [6.45, 7) is 0.565. The van der Waals surface area contributed by atoms with E-state index in [1.54, 1.807) is 50.5 Å². The Morgan fingerprint density at radius 1 is 0.963 bits per heavy atom. The van der Waals surface area contributed by atoms with E-state index in [4.69, 9.17) is 34.8 Å². The van der Waals surface area contributed by atoms with Crippen molar-refractivity contribution in [1.29, 1.82) is 0 Å². The summed E-state index contributed by atoms with van der Waals surface area (Å²) in [6.07, 6.45) is 0. The summed E-state index contributed by atoms with van der Waals surface area (Å²) < 4.78 is 0. The third kappa shape index (κ3) is 6.70. The minimum absolute atomic E-state index is 0.0698. The number of nitrogens with one attached hydrogen (secondary N) is 1. The highest BCUT2D eigenvalue weighted by molar-refractivity contribution is 6.35. The minimum Gasteiger partial charge on any atom is -0.335 e. The van der Waals surface area contributed by atoms with Gasteiger partial charge < -0.3 is 10.2 Å². The molecule has 0 radical (unpaired) electrons. The molecule has 0 spiro atoms. The van der Waals surface area contributed by atoms with Crippen molar-refractivity contribution in [3.05, 3.63) is 63.1 Å². The summed E-state index contributed by atoms with van der Waals surface area (Å²) in [5.41, 5.74) is 1.38. The van der Waals surface area contributed by atoms with Gasteiger partial charge in [-0.3, -0.25) is 14.5 Å². The van der Waals surface area contributed by atoms with E-state index >= 15 is 0 Å². The van der Waals surface area contributed by atoms with Crippen molar-refractivity contribution in [1.82, 2.24) is 9.80 Å². The number of halogens is 3. The second kappa shape index (κ2) is 9.95. The van der Waals surface area contributed by atoms with Gasteiger partial charge in [0.1, 0.15) is 0 Å². The Balaban J connectivity index is 1.85. The molecular formula is C19H20Cl3N3O2. The molecule has 0 aliphatic carbocycles. The number of benzene rings is 2. The normalized spacial score (nSPS) is 10.7. The molecule has 1 N–H and O–H groups in total. The summed E-state index contributed by atoms with van der Waals surface area (Å²) in [5.74, 6) is -0.501. The number of likely N-dealkylation sites (N-methyl/N-ethyl adjacent to an activating group) is 2. The average Bonchev–Trinajstić information content (AvgIpc) is 2.59. The number of anilines is 1. The molecule has 0 bridgehead atoms. The van der Waals surface area contributed by atoms with Crippen LogP contribution < -0.4 is 5.32 Å². The fourth-order valence-electron chi connectivity index (χ4n) is 2.40. The molecule has 2 rings (SSSR count). The highest BCUT2D eigenvalue weighted by Crippen LogP contribution is 2.22. The van der Waals surface area contributed by atoms with Gasteiger partial charge in [-0.25, -0.2) is 0 Å². The lowest BCUT2D eigenvalue weighted by Crippen LogP contribution is -2.40. The van der Waals surface area contributed by atoms with Crippen molar-refractivity contribution in [2.45, 2.75) is 6.54 Å². The van der Waals surface area contributed by atoms with Gasteiger partial charge in [0, 0.05) is 23.6 Å². The van der Waals surface area contributed by atoms with E-state index < -0.39 is 0 Å². The Labute approximate surface area is 173 Å².